The van der Waals surface area contributed by atoms with E-state index < -0.39 is 0 Å². The van der Waals surface area contributed by atoms with E-state index in [0.717, 1.165) is 48.7 Å². The van der Waals surface area contributed by atoms with Gasteiger partial charge in [0.15, 0.2) is 5.78 Å². The van der Waals surface area contributed by atoms with Crippen LogP contribution in [0.15, 0.2) is 77.7 Å². The Bertz CT molecular complexity index is 1200. The largest absolute Gasteiger partial charge is 0.458 e. The predicted molar refractivity (Wildman–Crippen MR) is 150 cm³/mol. The third kappa shape index (κ3) is 6.20. The molecule has 0 N–H and O–H groups in total. The van der Waals surface area contributed by atoms with Crippen molar-refractivity contribution < 1.29 is 19.1 Å². The summed E-state index contributed by atoms with van der Waals surface area (Å²) in [5.74, 6) is 0.935. The van der Waals surface area contributed by atoms with E-state index >= 15 is 0 Å². The highest BCUT2D eigenvalue weighted by Gasteiger charge is 2.50. The van der Waals surface area contributed by atoms with Crippen LogP contribution in [0.3, 0.4) is 0 Å². The van der Waals surface area contributed by atoms with Gasteiger partial charge in [-0.3, -0.25) is 14.6 Å². The molecule has 0 spiro atoms. The zero-order valence-corrected chi connectivity index (χ0v) is 22.9. The lowest BCUT2D eigenvalue weighted by Gasteiger charge is -2.40. The average Bonchev–Trinajstić information content (AvgIpc) is 3.35. The van der Waals surface area contributed by atoms with Crippen LogP contribution in [0, 0.1) is 35.0 Å². The van der Waals surface area contributed by atoms with Crippen LogP contribution in [-0.4, -0.2) is 29.6 Å². The van der Waals surface area contributed by atoms with Crippen molar-refractivity contribution in [1.82, 2.24) is 4.98 Å². The number of ether oxygens (including phenoxy) is 1. The summed E-state index contributed by atoms with van der Waals surface area (Å²) in [5, 5.41) is 0. The molecular formula is C33H39NO4. The van der Waals surface area contributed by atoms with Gasteiger partial charge in [-0.2, -0.15) is 0 Å². The van der Waals surface area contributed by atoms with E-state index in [2.05, 4.69) is 37.1 Å². The Labute approximate surface area is 226 Å². The molecule has 0 bridgehead atoms. The summed E-state index contributed by atoms with van der Waals surface area (Å²) in [6.45, 7) is 8.91. The highest BCUT2D eigenvalue weighted by Crippen LogP contribution is 2.58. The Kier molecular flexibility index (Phi) is 8.76. The second kappa shape index (κ2) is 12.0. The van der Waals surface area contributed by atoms with E-state index in [4.69, 9.17) is 4.74 Å². The van der Waals surface area contributed by atoms with Crippen LogP contribution in [0.4, 0.5) is 0 Å². The van der Waals surface area contributed by atoms with E-state index in [1.807, 2.05) is 32.1 Å². The van der Waals surface area contributed by atoms with Gasteiger partial charge in [0.2, 0.25) is 0 Å². The molecular weight excluding hydrogens is 474 g/mol. The summed E-state index contributed by atoms with van der Waals surface area (Å²) in [4.78, 5) is 40.6. The third-order valence-corrected chi connectivity index (χ3v) is 8.92. The number of pyridine rings is 1. The summed E-state index contributed by atoms with van der Waals surface area (Å²) in [5.41, 5.74) is 3.77. The number of allylic oxidation sites excluding steroid dienone is 7. The van der Waals surface area contributed by atoms with E-state index in [-0.39, 0.29) is 35.6 Å². The zero-order valence-electron chi connectivity index (χ0n) is 22.9. The maximum atomic E-state index is 12.6. The van der Waals surface area contributed by atoms with Crippen LogP contribution < -0.4 is 0 Å². The second-order valence-electron chi connectivity index (χ2n) is 11.6. The number of esters is 1. The lowest BCUT2D eigenvalue weighted by molar-refractivity contribution is -0.136. The standard InChI is InChI=1S/C33H39NO4/c1-22(21-38-31(37)13-10-25-9-6-16-34-19-25)7-5-8-23(2)27-14-15-33(4)18-28-24(3)17-30(36)32(28)26(20-35)11-12-29(27)33/h5-11,13,16-17,19-20,23,27-29,32H,12,14-15,18,21H2,1-4H3/b8-5-,13-10+,22-7-,26-11-/t23-,27+,28+,29-,32-,33+/m0/s1. The van der Waals surface area contributed by atoms with Gasteiger partial charge in [0, 0.05) is 18.5 Å². The summed E-state index contributed by atoms with van der Waals surface area (Å²) < 4.78 is 5.35. The topological polar surface area (TPSA) is 73.3 Å². The number of ketones is 1. The van der Waals surface area contributed by atoms with Crippen molar-refractivity contribution in [3.8, 4) is 0 Å². The Hall–Kier alpha value is -3.34. The van der Waals surface area contributed by atoms with Crippen LogP contribution in [0.25, 0.3) is 6.08 Å². The molecule has 1 saturated carbocycles. The minimum absolute atomic E-state index is 0.0936. The SMILES string of the molecule is CC1=CC(=O)[C@H]2/C(C=O)=C\C[C@H]3[C@@H]([C@@H](C)/C=C\C=C(\C)COC(=O)/C=C/c4cccnc4)CC[C@]3(C)C[C@H]12. The number of fused-ring (bicyclic) bond motifs is 2. The van der Waals surface area contributed by atoms with E-state index in [0.29, 0.717) is 23.3 Å². The first-order valence-corrected chi connectivity index (χ1v) is 13.7. The number of hydrogen-bond donors (Lipinski definition) is 0. The molecule has 0 aromatic carbocycles. The molecule has 3 aliphatic carbocycles. The maximum Gasteiger partial charge on any atom is 0.331 e. The molecule has 0 saturated heterocycles. The normalized spacial score (nSPS) is 31.7. The van der Waals surface area contributed by atoms with Gasteiger partial charge in [0.05, 0.1) is 5.92 Å². The number of aromatic nitrogens is 1. The van der Waals surface area contributed by atoms with Crippen molar-refractivity contribution >= 4 is 24.1 Å². The van der Waals surface area contributed by atoms with Gasteiger partial charge in [0.1, 0.15) is 12.9 Å². The van der Waals surface area contributed by atoms with E-state index in [1.54, 1.807) is 24.5 Å². The van der Waals surface area contributed by atoms with Crippen molar-refractivity contribution in [3.63, 3.8) is 0 Å². The fraction of sp³-hybridized carbons (Fsp3) is 0.455. The molecule has 0 aliphatic heterocycles. The van der Waals surface area contributed by atoms with Gasteiger partial charge in [-0.05, 0) is 104 Å². The number of carbonyl (C=O) groups excluding carboxylic acids is 3. The minimum Gasteiger partial charge on any atom is -0.458 e. The highest BCUT2D eigenvalue weighted by atomic mass is 16.5. The molecule has 0 radical (unpaired) electrons. The molecule has 0 amide bonds. The number of carbonyl (C=O) groups is 3. The molecule has 1 aromatic rings. The molecule has 6 atom stereocenters. The van der Waals surface area contributed by atoms with Crippen LogP contribution in [-0.2, 0) is 19.1 Å². The predicted octanol–water partition coefficient (Wildman–Crippen LogP) is 6.49. The first-order chi connectivity index (χ1) is 18.2. The Balaban J connectivity index is 1.36. The fourth-order valence-corrected chi connectivity index (χ4v) is 6.77. The minimum atomic E-state index is -0.382. The smallest absolute Gasteiger partial charge is 0.331 e. The molecule has 4 rings (SSSR count). The van der Waals surface area contributed by atoms with E-state index in [9.17, 15) is 14.4 Å². The quantitative estimate of drug-likeness (QED) is 0.172. The van der Waals surface area contributed by atoms with Crippen molar-refractivity contribution in [2.75, 3.05) is 6.61 Å². The monoisotopic (exact) mass is 513 g/mol. The molecule has 1 aromatic heterocycles. The van der Waals surface area contributed by atoms with E-state index in [1.165, 1.54) is 6.08 Å². The van der Waals surface area contributed by atoms with Crippen LogP contribution >= 0.6 is 0 Å². The molecule has 0 unspecified atom stereocenters. The molecule has 1 fully saturated rings. The summed E-state index contributed by atoms with van der Waals surface area (Å²) in [7, 11) is 0. The summed E-state index contributed by atoms with van der Waals surface area (Å²) in [6.07, 6.45) is 21.7. The third-order valence-electron chi connectivity index (χ3n) is 8.92. The van der Waals surface area contributed by atoms with Crippen molar-refractivity contribution in [1.29, 1.82) is 0 Å². The molecule has 38 heavy (non-hydrogen) atoms. The van der Waals surface area contributed by atoms with Gasteiger partial charge in [-0.25, -0.2) is 4.79 Å². The maximum absolute atomic E-state index is 12.6. The summed E-state index contributed by atoms with van der Waals surface area (Å²) >= 11 is 0. The Morgan fingerprint density at radius 1 is 1.34 bits per heavy atom. The summed E-state index contributed by atoms with van der Waals surface area (Å²) in [6, 6.07) is 3.69. The Morgan fingerprint density at radius 3 is 2.89 bits per heavy atom. The second-order valence-corrected chi connectivity index (χ2v) is 11.6. The molecule has 3 aliphatic rings. The zero-order chi connectivity index (χ0) is 27.3. The molecule has 5 heteroatoms. The first-order valence-electron chi connectivity index (χ1n) is 13.7. The van der Waals surface area contributed by atoms with Crippen LogP contribution in [0.1, 0.15) is 58.9 Å². The lowest BCUT2D eigenvalue weighted by atomic mass is 9.63. The molecule has 5 nitrogen and oxygen atoms in total. The highest BCUT2D eigenvalue weighted by molar-refractivity contribution is 6.01. The number of nitrogens with zero attached hydrogens (tertiary/aromatic N) is 1. The number of hydrogen-bond acceptors (Lipinski definition) is 5. The van der Waals surface area contributed by atoms with Gasteiger partial charge in [-0.1, -0.05) is 49.8 Å². The van der Waals surface area contributed by atoms with Crippen molar-refractivity contribution in [2.24, 2.45) is 35.0 Å². The van der Waals surface area contributed by atoms with Crippen LogP contribution in [0.5, 0.6) is 0 Å². The van der Waals surface area contributed by atoms with Crippen molar-refractivity contribution in [3.05, 3.63) is 83.3 Å². The van der Waals surface area contributed by atoms with Crippen molar-refractivity contribution in [2.45, 2.75) is 53.4 Å². The fourth-order valence-electron chi connectivity index (χ4n) is 6.77. The Morgan fingerprint density at radius 2 is 2.16 bits per heavy atom. The molecule has 200 valence electrons. The first kappa shape index (κ1) is 27.7. The molecule has 1 heterocycles. The average molecular weight is 514 g/mol. The van der Waals surface area contributed by atoms with Gasteiger partial charge in [-0.15, -0.1) is 0 Å². The van der Waals surface area contributed by atoms with Crippen LogP contribution in [0.2, 0.25) is 0 Å². The van der Waals surface area contributed by atoms with Gasteiger partial charge in [0.25, 0.3) is 0 Å². The lowest BCUT2D eigenvalue weighted by Crippen LogP contribution is -2.34. The number of aldehydes is 1. The number of rotatable bonds is 8. The van der Waals surface area contributed by atoms with Gasteiger partial charge < -0.3 is 4.74 Å². The van der Waals surface area contributed by atoms with Gasteiger partial charge >= 0.3 is 5.97 Å².